The zero-order valence-electron chi connectivity index (χ0n) is 16.8. The summed E-state index contributed by atoms with van der Waals surface area (Å²) in [7, 11) is 0. The molecule has 0 aliphatic heterocycles. The van der Waals surface area contributed by atoms with Gasteiger partial charge in [-0.15, -0.1) is 0 Å². The third-order valence-electron chi connectivity index (χ3n) is 4.49. The first-order valence-corrected chi connectivity index (χ1v) is 9.72. The number of aryl methyl sites for hydroxylation is 1. The Kier molecular flexibility index (Phi) is 6.90. The molecule has 28 heavy (non-hydrogen) atoms. The zero-order chi connectivity index (χ0) is 19.8. The van der Waals surface area contributed by atoms with E-state index in [1.807, 2.05) is 36.4 Å². The lowest BCUT2D eigenvalue weighted by atomic mass is 10.0. The number of para-hydroxylation sites is 1. The van der Waals surface area contributed by atoms with Gasteiger partial charge in [0.05, 0.1) is 0 Å². The van der Waals surface area contributed by atoms with E-state index >= 15 is 0 Å². The molecule has 1 aromatic heterocycles. The average molecular weight is 377 g/mol. The van der Waals surface area contributed by atoms with E-state index < -0.39 is 0 Å². The highest BCUT2D eigenvalue weighted by Crippen LogP contribution is 2.27. The van der Waals surface area contributed by atoms with E-state index in [1.165, 1.54) is 11.1 Å². The van der Waals surface area contributed by atoms with E-state index in [4.69, 9.17) is 9.47 Å². The number of nitrogens with zero attached hydrogens (tertiary/aromatic N) is 1. The number of anilines is 1. The molecule has 0 saturated carbocycles. The smallest absolute Gasteiger partial charge is 0.126 e. The van der Waals surface area contributed by atoms with Gasteiger partial charge in [0.15, 0.2) is 0 Å². The average Bonchev–Trinajstić information content (AvgIpc) is 2.71. The van der Waals surface area contributed by atoms with Gasteiger partial charge < -0.3 is 14.8 Å². The first kappa shape index (κ1) is 19.7. The fraction of sp³-hybridized carbons (Fsp3) is 0.292. The van der Waals surface area contributed by atoms with Crippen LogP contribution in [0.15, 0.2) is 66.9 Å². The van der Waals surface area contributed by atoms with Crippen molar-refractivity contribution in [3.8, 4) is 11.5 Å². The van der Waals surface area contributed by atoms with Crippen molar-refractivity contribution in [3.05, 3.63) is 83.6 Å². The molecule has 4 nitrogen and oxygen atoms in total. The number of rotatable bonds is 9. The summed E-state index contributed by atoms with van der Waals surface area (Å²) in [6.07, 6.45) is 1.78. The fourth-order valence-corrected chi connectivity index (χ4v) is 2.99. The molecule has 146 valence electrons. The Morgan fingerprint density at radius 2 is 1.64 bits per heavy atom. The Morgan fingerprint density at radius 1 is 0.893 bits per heavy atom. The molecule has 3 rings (SSSR count). The third kappa shape index (κ3) is 5.49. The SMILES string of the molecule is Cc1ccc(C(C)C)c(OCCOc2ccccc2CNc2ccccn2)c1. The predicted molar refractivity (Wildman–Crippen MR) is 114 cm³/mol. The van der Waals surface area contributed by atoms with E-state index in [2.05, 4.69) is 55.3 Å². The highest BCUT2D eigenvalue weighted by molar-refractivity contribution is 5.40. The molecule has 0 saturated heterocycles. The maximum absolute atomic E-state index is 6.02. The van der Waals surface area contributed by atoms with Crippen LogP contribution >= 0.6 is 0 Å². The Labute approximate surface area is 167 Å². The summed E-state index contributed by atoms with van der Waals surface area (Å²) in [5.74, 6) is 3.09. The van der Waals surface area contributed by atoms with Gasteiger partial charge in [-0.2, -0.15) is 0 Å². The van der Waals surface area contributed by atoms with E-state index in [0.29, 0.717) is 25.7 Å². The van der Waals surface area contributed by atoms with Gasteiger partial charge in [-0.1, -0.05) is 50.2 Å². The molecule has 0 unspecified atom stereocenters. The van der Waals surface area contributed by atoms with Crippen LogP contribution in [-0.2, 0) is 6.54 Å². The summed E-state index contributed by atoms with van der Waals surface area (Å²) in [6, 6.07) is 20.2. The molecule has 0 aliphatic rings. The highest BCUT2D eigenvalue weighted by Gasteiger charge is 2.09. The van der Waals surface area contributed by atoms with E-state index in [1.54, 1.807) is 6.20 Å². The van der Waals surface area contributed by atoms with Gasteiger partial charge in [0.1, 0.15) is 30.5 Å². The van der Waals surface area contributed by atoms with Crippen LogP contribution in [-0.4, -0.2) is 18.2 Å². The molecule has 0 aliphatic carbocycles. The van der Waals surface area contributed by atoms with Gasteiger partial charge in [-0.05, 0) is 48.2 Å². The van der Waals surface area contributed by atoms with Gasteiger partial charge in [0.25, 0.3) is 0 Å². The van der Waals surface area contributed by atoms with Crippen molar-refractivity contribution in [2.24, 2.45) is 0 Å². The molecule has 0 atom stereocenters. The van der Waals surface area contributed by atoms with Crippen molar-refractivity contribution in [1.29, 1.82) is 0 Å². The molecule has 0 fully saturated rings. The van der Waals surface area contributed by atoms with E-state index in [0.717, 1.165) is 22.9 Å². The van der Waals surface area contributed by atoms with Crippen molar-refractivity contribution in [2.75, 3.05) is 18.5 Å². The topological polar surface area (TPSA) is 43.4 Å². The summed E-state index contributed by atoms with van der Waals surface area (Å²) >= 11 is 0. The minimum Gasteiger partial charge on any atom is -0.490 e. The first-order chi connectivity index (χ1) is 13.6. The molecule has 0 bridgehead atoms. The molecule has 4 heteroatoms. The Morgan fingerprint density at radius 3 is 2.39 bits per heavy atom. The van der Waals surface area contributed by atoms with Crippen LogP contribution in [0.2, 0.25) is 0 Å². The lowest BCUT2D eigenvalue weighted by Gasteiger charge is -2.16. The Hall–Kier alpha value is -3.01. The van der Waals surface area contributed by atoms with E-state index in [9.17, 15) is 0 Å². The lowest BCUT2D eigenvalue weighted by molar-refractivity contribution is 0.214. The number of hydrogen-bond acceptors (Lipinski definition) is 4. The van der Waals surface area contributed by atoms with Crippen molar-refractivity contribution in [1.82, 2.24) is 4.98 Å². The lowest BCUT2D eigenvalue weighted by Crippen LogP contribution is -2.12. The number of pyridine rings is 1. The van der Waals surface area contributed by atoms with Gasteiger partial charge >= 0.3 is 0 Å². The number of nitrogens with one attached hydrogen (secondary N) is 1. The number of hydrogen-bond donors (Lipinski definition) is 1. The number of ether oxygens (including phenoxy) is 2. The summed E-state index contributed by atoms with van der Waals surface area (Å²) in [5.41, 5.74) is 3.52. The first-order valence-electron chi connectivity index (χ1n) is 9.72. The maximum Gasteiger partial charge on any atom is 0.126 e. The predicted octanol–water partition coefficient (Wildman–Crippen LogP) is 5.58. The van der Waals surface area contributed by atoms with Gasteiger partial charge in [-0.25, -0.2) is 4.98 Å². The standard InChI is InChI=1S/C24H28N2O2/c1-18(2)21-12-11-19(3)16-23(21)28-15-14-27-22-9-5-4-8-20(22)17-26-24-10-6-7-13-25-24/h4-13,16,18H,14-15,17H2,1-3H3,(H,25,26). The molecular weight excluding hydrogens is 348 g/mol. The van der Waals surface area contributed by atoms with Gasteiger partial charge in [-0.3, -0.25) is 0 Å². The number of aromatic nitrogens is 1. The Balaban J connectivity index is 1.55. The second kappa shape index (κ2) is 9.79. The van der Waals surface area contributed by atoms with E-state index in [-0.39, 0.29) is 0 Å². The van der Waals surface area contributed by atoms with Crippen LogP contribution in [0.3, 0.4) is 0 Å². The zero-order valence-corrected chi connectivity index (χ0v) is 16.8. The largest absolute Gasteiger partial charge is 0.490 e. The van der Waals surface area contributed by atoms with Crippen molar-refractivity contribution < 1.29 is 9.47 Å². The van der Waals surface area contributed by atoms with Crippen LogP contribution in [0.5, 0.6) is 11.5 Å². The Bertz CT molecular complexity index is 879. The quantitative estimate of drug-likeness (QED) is 0.495. The summed E-state index contributed by atoms with van der Waals surface area (Å²) < 4.78 is 12.0. The minimum atomic E-state index is 0.426. The molecule has 0 spiro atoms. The van der Waals surface area contributed by atoms with Gasteiger partial charge in [0.2, 0.25) is 0 Å². The second-order valence-electron chi connectivity index (χ2n) is 7.07. The molecule has 0 amide bonds. The van der Waals surface area contributed by atoms with Crippen molar-refractivity contribution in [3.63, 3.8) is 0 Å². The summed E-state index contributed by atoms with van der Waals surface area (Å²) in [5, 5.41) is 3.32. The summed E-state index contributed by atoms with van der Waals surface area (Å²) in [6.45, 7) is 8.09. The van der Waals surface area contributed by atoms with Crippen LogP contribution in [0.25, 0.3) is 0 Å². The van der Waals surface area contributed by atoms with Crippen LogP contribution in [0, 0.1) is 6.92 Å². The normalized spacial score (nSPS) is 10.7. The highest BCUT2D eigenvalue weighted by atomic mass is 16.5. The number of benzene rings is 2. The maximum atomic E-state index is 6.02. The van der Waals surface area contributed by atoms with Crippen LogP contribution in [0.1, 0.15) is 36.5 Å². The molecule has 2 aromatic carbocycles. The molecule has 0 radical (unpaired) electrons. The molecular formula is C24H28N2O2. The minimum absolute atomic E-state index is 0.426. The summed E-state index contributed by atoms with van der Waals surface area (Å²) in [4.78, 5) is 4.29. The van der Waals surface area contributed by atoms with Crippen molar-refractivity contribution >= 4 is 5.82 Å². The third-order valence-corrected chi connectivity index (χ3v) is 4.49. The monoisotopic (exact) mass is 376 g/mol. The fourth-order valence-electron chi connectivity index (χ4n) is 2.99. The van der Waals surface area contributed by atoms with Crippen LogP contribution in [0.4, 0.5) is 5.82 Å². The van der Waals surface area contributed by atoms with Crippen LogP contribution < -0.4 is 14.8 Å². The van der Waals surface area contributed by atoms with Gasteiger partial charge in [0, 0.05) is 18.3 Å². The van der Waals surface area contributed by atoms with Crippen molar-refractivity contribution in [2.45, 2.75) is 33.2 Å². The molecule has 3 aromatic rings. The molecule has 1 N–H and O–H groups in total. The molecule has 1 heterocycles. The second-order valence-corrected chi connectivity index (χ2v) is 7.07.